The van der Waals surface area contributed by atoms with Crippen molar-refractivity contribution in [3.05, 3.63) is 35.6 Å². The van der Waals surface area contributed by atoms with Gasteiger partial charge in [-0.2, -0.15) is 0 Å². The van der Waals surface area contributed by atoms with E-state index in [9.17, 15) is 14.0 Å². The molecule has 0 aromatic heterocycles. The third-order valence-corrected chi connectivity index (χ3v) is 5.57. The lowest BCUT2D eigenvalue weighted by Gasteiger charge is -2.48. The molecule has 5 nitrogen and oxygen atoms in total. The monoisotopic (exact) mass is 362 g/mol. The maximum atomic E-state index is 13.4. The Morgan fingerprint density at radius 2 is 2.15 bits per heavy atom. The fraction of sp³-hybridized carbons (Fsp3) is 0.600. The van der Waals surface area contributed by atoms with Gasteiger partial charge in [0.05, 0.1) is 13.0 Å². The fourth-order valence-electron chi connectivity index (χ4n) is 4.19. The van der Waals surface area contributed by atoms with Crippen LogP contribution in [0.3, 0.4) is 0 Å². The molecular weight excluding hydrogens is 335 g/mol. The first kappa shape index (κ1) is 18.8. The van der Waals surface area contributed by atoms with Crippen molar-refractivity contribution in [3.8, 4) is 0 Å². The number of ether oxygens (including phenoxy) is 1. The molecule has 142 valence electrons. The van der Waals surface area contributed by atoms with Gasteiger partial charge >= 0.3 is 0 Å². The average molecular weight is 362 g/mol. The van der Waals surface area contributed by atoms with Crippen molar-refractivity contribution < 1.29 is 18.7 Å². The Bertz CT molecular complexity index is 666. The van der Waals surface area contributed by atoms with Crippen LogP contribution in [0.5, 0.6) is 0 Å². The van der Waals surface area contributed by atoms with Gasteiger partial charge in [0.2, 0.25) is 11.8 Å². The largest absolute Gasteiger partial charge is 0.383 e. The highest BCUT2D eigenvalue weighted by Crippen LogP contribution is 2.39. The molecule has 1 atom stereocenters. The summed E-state index contributed by atoms with van der Waals surface area (Å²) in [7, 11) is 1.64. The summed E-state index contributed by atoms with van der Waals surface area (Å²) < 4.78 is 18.5. The van der Waals surface area contributed by atoms with Crippen LogP contribution in [-0.4, -0.2) is 61.5 Å². The maximum Gasteiger partial charge on any atom is 0.227 e. The molecule has 3 rings (SSSR count). The number of carbonyl (C=O) groups is 2. The van der Waals surface area contributed by atoms with E-state index < -0.39 is 0 Å². The van der Waals surface area contributed by atoms with E-state index in [1.54, 1.807) is 19.2 Å². The third kappa shape index (κ3) is 4.41. The Morgan fingerprint density at radius 3 is 2.92 bits per heavy atom. The number of nitrogens with zero attached hydrogens (tertiary/aromatic N) is 2. The highest BCUT2D eigenvalue weighted by molar-refractivity contribution is 5.79. The molecule has 1 unspecified atom stereocenters. The number of carbonyl (C=O) groups excluding carboxylic acids is 2. The molecule has 0 radical (unpaired) electrons. The number of hydrogen-bond acceptors (Lipinski definition) is 3. The number of benzene rings is 1. The van der Waals surface area contributed by atoms with Crippen molar-refractivity contribution in [1.82, 2.24) is 9.80 Å². The van der Waals surface area contributed by atoms with Crippen LogP contribution in [0.1, 0.15) is 31.2 Å². The van der Waals surface area contributed by atoms with Crippen molar-refractivity contribution in [2.75, 3.05) is 39.9 Å². The predicted octanol–water partition coefficient (Wildman–Crippen LogP) is 2.25. The van der Waals surface area contributed by atoms with Gasteiger partial charge in [-0.05, 0) is 37.0 Å². The lowest BCUT2D eigenvalue weighted by molar-refractivity contribution is -0.143. The Morgan fingerprint density at radius 1 is 1.31 bits per heavy atom. The second-order valence-corrected chi connectivity index (χ2v) is 7.53. The van der Waals surface area contributed by atoms with E-state index in [1.807, 2.05) is 9.80 Å². The summed E-state index contributed by atoms with van der Waals surface area (Å²) in [6.45, 7) is 3.25. The molecular formula is C20H27FN2O3. The van der Waals surface area contributed by atoms with Crippen molar-refractivity contribution in [2.24, 2.45) is 5.41 Å². The van der Waals surface area contributed by atoms with Gasteiger partial charge in [0, 0.05) is 45.1 Å². The van der Waals surface area contributed by atoms with Crippen molar-refractivity contribution in [1.29, 1.82) is 0 Å². The molecule has 0 bridgehead atoms. The molecule has 2 heterocycles. The maximum absolute atomic E-state index is 13.4. The average Bonchev–Trinajstić information content (AvgIpc) is 2.63. The topological polar surface area (TPSA) is 49.9 Å². The van der Waals surface area contributed by atoms with Gasteiger partial charge in [-0.1, -0.05) is 12.1 Å². The molecule has 0 saturated carbocycles. The molecule has 26 heavy (non-hydrogen) atoms. The Hall–Kier alpha value is -1.95. The van der Waals surface area contributed by atoms with E-state index in [1.165, 1.54) is 12.1 Å². The summed E-state index contributed by atoms with van der Waals surface area (Å²) in [6, 6.07) is 6.23. The van der Waals surface area contributed by atoms with Crippen LogP contribution in [0.2, 0.25) is 0 Å². The van der Waals surface area contributed by atoms with E-state index in [0.717, 1.165) is 25.8 Å². The second kappa shape index (κ2) is 8.16. The van der Waals surface area contributed by atoms with Crippen molar-refractivity contribution in [3.63, 3.8) is 0 Å². The van der Waals surface area contributed by atoms with Gasteiger partial charge in [0.15, 0.2) is 0 Å². The van der Waals surface area contributed by atoms with Gasteiger partial charge in [0.25, 0.3) is 0 Å². The molecule has 1 spiro atoms. The number of amides is 2. The van der Waals surface area contributed by atoms with E-state index in [2.05, 4.69) is 0 Å². The summed E-state index contributed by atoms with van der Waals surface area (Å²) in [5, 5.41) is 0. The molecule has 2 saturated heterocycles. The summed E-state index contributed by atoms with van der Waals surface area (Å²) in [4.78, 5) is 28.7. The van der Waals surface area contributed by atoms with Crippen LogP contribution in [0.25, 0.3) is 0 Å². The van der Waals surface area contributed by atoms with Crippen LogP contribution in [-0.2, 0) is 20.7 Å². The normalized spacial score (nSPS) is 23.5. The predicted molar refractivity (Wildman–Crippen MR) is 96.0 cm³/mol. The van der Waals surface area contributed by atoms with Crippen LogP contribution < -0.4 is 0 Å². The summed E-state index contributed by atoms with van der Waals surface area (Å²) in [5.74, 6) is -0.101. The lowest BCUT2D eigenvalue weighted by atomic mass is 9.73. The number of likely N-dealkylation sites (tertiary alicyclic amines) is 2. The van der Waals surface area contributed by atoms with Crippen LogP contribution in [0.4, 0.5) is 4.39 Å². The molecule has 0 N–H and O–H groups in total. The number of piperidine rings is 2. The molecule has 1 aromatic carbocycles. The third-order valence-electron chi connectivity index (χ3n) is 5.57. The molecule has 1 aromatic rings. The van der Waals surface area contributed by atoms with Crippen LogP contribution in [0, 0.1) is 11.2 Å². The highest BCUT2D eigenvalue weighted by Gasteiger charge is 2.42. The molecule has 6 heteroatoms. The number of rotatable bonds is 5. The minimum Gasteiger partial charge on any atom is -0.383 e. The zero-order valence-corrected chi connectivity index (χ0v) is 15.4. The summed E-state index contributed by atoms with van der Waals surface area (Å²) in [6.07, 6.45) is 3.57. The number of methoxy groups -OCH3 is 1. The molecule has 0 aliphatic carbocycles. The summed E-state index contributed by atoms with van der Waals surface area (Å²) in [5.41, 5.74) is 0.687. The molecule has 2 fully saturated rings. The smallest absolute Gasteiger partial charge is 0.227 e. The van der Waals surface area contributed by atoms with Gasteiger partial charge < -0.3 is 14.5 Å². The van der Waals surface area contributed by atoms with E-state index >= 15 is 0 Å². The number of halogens is 1. The Labute approximate surface area is 154 Å². The van der Waals surface area contributed by atoms with E-state index in [-0.39, 0.29) is 29.5 Å². The zero-order valence-electron chi connectivity index (χ0n) is 15.4. The van der Waals surface area contributed by atoms with E-state index in [0.29, 0.717) is 38.2 Å². The van der Waals surface area contributed by atoms with Crippen molar-refractivity contribution >= 4 is 11.8 Å². The standard InChI is InChI=1S/C20H27FN2O3/c1-26-11-10-23-15-20(8-6-18(23)24)7-3-9-22(14-20)19(25)13-16-4-2-5-17(21)12-16/h2,4-5,12H,3,6-11,13-15H2,1H3. The Kier molecular flexibility index (Phi) is 5.91. The zero-order chi connectivity index (χ0) is 18.6. The summed E-state index contributed by atoms with van der Waals surface area (Å²) >= 11 is 0. The quantitative estimate of drug-likeness (QED) is 0.807. The SMILES string of the molecule is COCCN1CC2(CCCN(C(=O)Cc3cccc(F)c3)C2)CCC1=O. The first-order valence-corrected chi connectivity index (χ1v) is 9.30. The van der Waals surface area contributed by atoms with Crippen LogP contribution in [0.15, 0.2) is 24.3 Å². The molecule has 2 aliphatic heterocycles. The number of hydrogen-bond donors (Lipinski definition) is 0. The minimum atomic E-state index is -0.315. The molecule has 2 amide bonds. The van der Waals surface area contributed by atoms with Crippen molar-refractivity contribution in [2.45, 2.75) is 32.1 Å². The first-order valence-electron chi connectivity index (χ1n) is 9.30. The first-order chi connectivity index (χ1) is 12.5. The fourth-order valence-corrected chi connectivity index (χ4v) is 4.19. The Balaban J connectivity index is 1.64. The van der Waals surface area contributed by atoms with Gasteiger partial charge in [-0.3, -0.25) is 9.59 Å². The van der Waals surface area contributed by atoms with Gasteiger partial charge in [0.1, 0.15) is 5.82 Å². The minimum absolute atomic E-state index is 0.0164. The highest BCUT2D eigenvalue weighted by atomic mass is 19.1. The van der Waals surface area contributed by atoms with E-state index in [4.69, 9.17) is 4.74 Å². The van der Waals surface area contributed by atoms with Gasteiger partial charge in [-0.15, -0.1) is 0 Å². The second-order valence-electron chi connectivity index (χ2n) is 7.53. The molecule has 2 aliphatic rings. The lowest BCUT2D eigenvalue weighted by Crippen LogP contribution is -2.55. The van der Waals surface area contributed by atoms with Gasteiger partial charge in [-0.25, -0.2) is 4.39 Å². The van der Waals surface area contributed by atoms with Crippen LogP contribution >= 0.6 is 0 Å².